The minimum Gasteiger partial charge on any atom is -0.456 e. The summed E-state index contributed by atoms with van der Waals surface area (Å²) in [7, 11) is 0. The molecule has 0 spiro atoms. The molecule has 3 unspecified atom stereocenters. The Hall–Kier alpha value is -5.90. The average molecular weight is 728 g/mol. The van der Waals surface area contributed by atoms with Gasteiger partial charge >= 0.3 is 0 Å². The van der Waals surface area contributed by atoms with E-state index in [-0.39, 0.29) is 12.0 Å². The number of benzene rings is 5. The molecular formula is C52H41NOS. The lowest BCUT2D eigenvalue weighted by Crippen LogP contribution is -2.39. The Morgan fingerprint density at radius 1 is 0.636 bits per heavy atom. The molecule has 4 aliphatic carbocycles. The predicted octanol–water partition coefficient (Wildman–Crippen LogP) is 10.6. The maximum Gasteiger partial charge on any atom is 0.139 e. The first kappa shape index (κ1) is 32.5. The fourth-order valence-electron chi connectivity index (χ4n) is 9.46. The van der Waals surface area contributed by atoms with Crippen molar-refractivity contribution in [1.82, 2.24) is 4.90 Å². The van der Waals surface area contributed by atoms with Crippen molar-refractivity contribution in [1.29, 1.82) is 0 Å². The van der Waals surface area contributed by atoms with E-state index in [1.54, 1.807) is 0 Å². The van der Waals surface area contributed by atoms with Crippen LogP contribution in [0.25, 0.3) is 67.1 Å². The number of hydrogen-bond acceptors (Lipinski definition) is 3. The molecule has 3 heteroatoms. The van der Waals surface area contributed by atoms with E-state index in [4.69, 9.17) is 4.42 Å². The molecule has 4 aliphatic rings. The summed E-state index contributed by atoms with van der Waals surface area (Å²) in [6, 6.07) is 41.9. The van der Waals surface area contributed by atoms with Gasteiger partial charge in [0.25, 0.3) is 0 Å². The van der Waals surface area contributed by atoms with Crippen LogP contribution in [0.2, 0.25) is 0 Å². The quantitative estimate of drug-likeness (QED) is 0.170. The molecule has 5 aromatic carbocycles. The molecule has 0 bridgehead atoms. The van der Waals surface area contributed by atoms with E-state index >= 15 is 0 Å². The molecule has 0 radical (unpaired) electrons. The highest BCUT2D eigenvalue weighted by atomic mass is 32.1. The van der Waals surface area contributed by atoms with E-state index < -0.39 is 0 Å². The summed E-state index contributed by atoms with van der Waals surface area (Å²) < 4.78 is 9.38. The molecule has 0 N–H and O–H groups in total. The number of allylic oxidation sites excluding steroid dienone is 5. The van der Waals surface area contributed by atoms with Crippen LogP contribution >= 0.6 is 11.3 Å². The zero-order valence-corrected chi connectivity index (χ0v) is 31.5. The van der Waals surface area contributed by atoms with Gasteiger partial charge in [-0.05, 0) is 76.6 Å². The number of nitrogens with zero attached hydrogens (tertiary/aromatic N) is 1. The molecule has 2 heterocycles. The number of thiophene rings is 1. The first-order chi connectivity index (χ1) is 27.3. The fourth-order valence-corrected chi connectivity index (χ4v) is 10.9. The third-order valence-electron chi connectivity index (χ3n) is 12.1. The Bertz CT molecular complexity index is 3040. The second-order valence-electron chi connectivity index (χ2n) is 15.3. The first-order valence-electron chi connectivity index (χ1n) is 19.8. The number of rotatable bonds is 6. The van der Waals surface area contributed by atoms with E-state index in [0.717, 1.165) is 43.3 Å². The van der Waals surface area contributed by atoms with Gasteiger partial charge in [-0.1, -0.05) is 158 Å². The maximum atomic E-state index is 6.59. The Morgan fingerprint density at radius 2 is 1.45 bits per heavy atom. The summed E-state index contributed by atoms with van der Waals surface area (Å²) in [4.78, 5) is 2.71. The summed E-state index contributed by atoms with van der Waals surface area (Å²) in [5, 5.41) is 7.85. The third kappa shape index (κ3) is 5.60. The number of hydrogen-bond donors (Lipinski definition) is 0. The predicted molar refractivity (Wildman–Crippen MR) is 232 cm³/mol. The van der Waals surface area contributed by atoms with Gasteiger partial charge in [0.2, 0.25) is 0 Å². The second kappa shape index (κ2) is 13.4. The van der Waals surface area contributed by atoms with Crippen LogP contribution in [-0.2, 0) is 0 Å². The molecule has 0 saturated heterocycles. The molecule has 3 atom stereocenters. The Labute approximate surface area is 325 Å². The van der Waals surface area contributed by atoms with Crippen LogP contribution < -0.4 is 20.2 Å². The summed E-state index contributed by atoms with van der Waals surface area (Å²) in [6.45, 7) is 0. The topological polar surface area (TPSA) is 16.4 Å². The standard InChI is InChI=1S/C52H41NOS/c1-2-13-36(14-3-1)43-20-10-22-46-47-23-11-24-48(52(47)55-51(43)46)53(40-30-28-35(29-31-40)38-27-26-34-12-4-5-15-37(34)32-38)41-17-8-16-39(33-41)42-19-9-21-45-44-18-6-7-25-49(44)54-50(42)45/h1-10,12-15,17-23,25-26,28-30,32-33,38-40H,11,16,24,27,31H2. The van der Waals surface area contributed by atoms with Crippen molar-refractivity contribution in [2.24, 2.45) is 5.92 Å². The monoisotopic (exact) mass is 727 g/mol. The highest BCUT2D eigenvalue weighted by Crippen LogP contribution is 2.40. The molecule has 266 valence electrons. The lowest BCUT2D eigenvalue weighted by Gasteiger charge is -2.38. The smallest absolute Gasteiger partial charge is 0.139 e. The molecule has 2 aromatic heterocycles. The van der Waals surface area contributed by atoms with Crippen molar-refractivity contribution in [3.63, 3.8) is 0 Å². The zero-order chi connectivity index (χ0) is 36.3. The Balaban J connectivity index is 1.05. The van der Waals surface area contributed by atoms with Gasteiger partial charge in [-0.3, -0.25) is 0 Å². The highest BCUT2D eigenvalue weighted by molar-refractivity contribution is 7.17. The van der Waals surface area contributed by atoms with Crippen LogP contribution in [0.1, 0.15) is 43.6 Å². The van der Waals surface area contributed by atoms with Crippen LogP contribution in [-0.4, -0.2) is 10.9 Å². The molecule has 0 fully saturated rings. The van der Waals surface area contributed by atoms with Gasteiger partial charge in [0.05, 0.1) is 10.6 Å². The van der Waals surface area contributed by atoms with E-state index in [0.29, 0.717) is 5.92 Å². The summed E-state index contributed by atoms with van der Waals surface area (Å²) >= 11 is 1.98. The van der Waals surface area contributed by atoms with Gasteiger partial charge in [-0.15, -0.1) is 11.3 Å². The largest absolute Gasteiger partial charge is 0.456 e. The van der Waals surface area contributed by atoms with Gasteiger partial charge in [0.1, 0.15) is 11.2 Å². The normalized spacial score (nSPS) is 20.3. The van der Waals surface area contributed by atoms with Crippen molar-refractivity contribution in [2.45, 2.75) is 44.1 Å². The molecular weight excluding hydrogens is 687 g/mol. The van der Waals surface area contributed by atoms with Crippen LogP contribution in [0.4, 0.5) is 0 Å². The van der Waals surface area contributed by atoms with Gasteiger partial charge in [-0.2, -0.15) is 0 Å². The summed E-state index contributed by atoms with van der Waals surface area (Å²) in [5.74, 6) is 0.616. The van der Waals surface area contributed by atoms with Crippen LogP contribution in [0.5, 0.6) is 0 Å². The number of fused-ring (bicyclic) bond motifs is 7. The molecule has 0 saturated carbocycles. The zero-order valence-electron chi connectivity index (χ0n) is 30.7. The van der Waals surface area contributed by atoms with Gasteiger partial charge in [-0.25, -0.2) is 0 Å². The second-order valence-corrected chi connectivity index (χ2v) is 16.3. The van der Waals surface area contributed by atoms with E-state index in [9.17, 15) is 0 Å². The maximum absolute atomic E-state index is 6.59. The highest BCUT2D eigenvalue weighted by Gasteiger charge is 2.29. The first-order valence-corrected chi connectivity index (χ1v) is 20.6. The average Bonchev–Trinajstić information content (AvgIpc) is 3.84. The molecule has 7 aromatic rings. The summed E-state index contributed by atoms with van der Waals surface area (Å²) in [5.41, 5.74) is 9.98. The van der Waals surface area contributed by atoms with Crippen molar-refractivity contribution in [2.75, 3.05) is 0 Å². The minimum atomic E-state index is 0.208. The fraction of sp³-hybridized carbons (Fsp3) is 0.154. The lowest BCUT2D eigenvalue weighted by atomic mass is 9.85. The van der Waals surface area contributed by atoms with Crippen LogP contribution in [0.15, 0.2) is 167 Å². The number of furan rings is 1. The molecule has 0 aliphatic heterocycles. The van der Waals surface area contributed by atoms with E-state index in [1.165, 1.54) is 74.7 Å². The lowest BCUT2D eigenvalue weighted by molar-refractivity contribution is 0.403. The van der Waals surface area contributed by atoms with Crippen LogP contribution in [0, 0.1) is 5.92 Å². The minimum absolute atomic E-state index is 0.208. The molecule has 11 rings (SSSR count). The van der Waals surface area contributed by atoms with Crippen LogP contribution in [0.3, 0.4) is 0 Å². The SMILES string of the molecule is C1=CC(N(C2=c3sc4c(-c5ccccc5)cccc4c3=CCC2)C2C=CC(C3C=c4ccccc4=CC3)=CC2)=CC(c2cccc3c2oc2ccccc23)C1. The van der Waals surface area contributed by atoms with E-state index in [2.05, 4.69) is 175 Å². The van der Waals surface area contributed by atoms with E-state index in [1.807, 2.05) is 11.3 Å². The number of para-hydroxylation sites is 2. The molecule has 0 amide bonds. The molecule has 55 heavy (non-hydrogen) atoms. The van der Waals surface area contributed by atoms with Gasteiger partial charge in [0.15, 0.2) is 0 Å². The van der Waals surface area contributed by atoms with Gasteiger partial charge in [0, 0.05) is 49.7 Å². The molecule has 2 nitrogen and oxygen atoms in total. The Kier molecular flexibility index (Phi) is 7.95. The van der Waals surface area contributed by atoms with Crippen molar-refractivity contribution < 1.29 is 4.42 Å². The Morgan fingerprint density at radius 3 is 2.36 bits per heavy atom. The van der Waals surface area contributed by atoms with Crippen molar-refractivity contribution >= 4 is 67.3 Å². The van der Waals surface area contributed by atoms with Gasteiger partial charge < -0.3 is 9.32 Å². The third-order valence-corrected chi connectivity index (χ3v) is 13.4. The van der Waals surface area contributed by atoms with Crippen molar-refractivity contribution in [3.8, 4) is 11.1 Å². The van der Waals surface area contributed by atoms with Crippen molar-refractivity contribution in [3.05, 3.63) is 189 Å². The summed E-state index contributed by atoms with van der Waals surface area (Å²) in [6.07, 6.45) is 27.1.